The summed E-state index contributed by atoms with van der Waals surface area (Å²) in [6, 6.07) is 7.38. The van der Waals surface area contributed by atoms with Gasteiger partial charge in [0.25, 0.3) is 5.92 Å². The van der Waals surface area contributed by atoms with Crippen molar-refractivity contribution < 1.29 is 23.1 Å². The summed E-state index contributed by atoms with van der Waals surface area (Å²) >= 11 is 6.44. The Labute approximate surface area is 192 Å². The van der Waals surface area contributed by atoms with E-state index < -0.39 is 29.4 Å². The van der Waals surface area contributed by atoms with Crippen molar-refractivity contribution in [2.45, 2.75) is 44.1 Å². The molecule has 0 bridgehead atoms. The quantitative estimate of drug-likeness (QED) is 0.630. The molecule has 3 fully saturated rings. The van der Waals surface area contributed by atoms with Gasteiger partial charge in [-0.25, -0.2) is 8.78 Å². The van der Waals surface area contributed by atoms with E-state index in [1.54, 1.807) is 6.07 Å². The maximum Gasteiger partial charge on any atom is 0.274 e. The fourth-order valence-corrected chi connectivity index (χ4v) is 5.58. The number of amides is 2. The molecule has 32 heavy (non-hydrogen) atoms. The molecule has 4 rings (SSSR count). The molecule has 0 N–H and O–H groups in total. The Morgan fingerprint density at radius 1 is 1.19 bits per heavy atom. The second-order valence-corrected chi connectivity index (χ2v) is 10.3. The number of nitrogens with zero attached hydrogens (tertiary/aromatic N) is 2. The van der Waals surface area contributed by atoms with Crippen molar-refractivity contribution in [3.63, 3.8) is 0 Å². The molecule has 1 aromatic rings. The molecule has 2 amide bonds. The zero-order valence-corrected chi connectivity index (χ0v) is 19.2. The van der Waals surface area contributed by atoms with Gasteiger partial charge in [0.1, 0.15) is 0 Å². The van der Waals surface area contributed by atoms with Crippen LogP contribution in [0.4, 0.5) is 8.78 Å². The molecule has 0 radical (unpaired) electrons. The highest BCUT2D eigenvalue weighted by Gasteiger charge is 2.64. The molecule has 3 heterocycles. The highest BCUT2D eigenvalue weighted by Crippen LogP contribution is 2.51. The van der Waals surface area contributed by atoms with E-state index in [1.807, 2.05) is 32.0 Å². The standard InChI is InChI=1S/C24H29ClF2N2O3/c1-4-20(30)29-13-23(14-29)9-10-28(15-24(23,26)27)21(31)18-12-32-22(2,3)11-17(18)16-7-5-6-8-19(16)25/h4-8,17-18H,1,9-15H2,2-3H3/t17-,18+/m1/s1. The lowest BCUT2D eigenvalue weighted by Gasteiger charge is -2.57. The van der Waals surface area contributed by atoms with Crippen LogP contribution in [0.25, 0.3) is 0 Å². The number of rotatable bonds is 3. The fraction of sp³-hybridized carbons (Fsp3) is 0.583. The minimum Gasteiger partial charge on any atom is -0.375 e. The molecule has 1 aromatic carbocycles. The number of benzene rings is 1. The smallest absolute Gasteiger partial charge is 0.274 e. The average Bonchev–Trinajstić information content (AvgIpc) is 2.70. The van der Waals surface area contributed by atoms with Crippen molar-refractivity contribution in [1.29, 1.82) is 0 Å². The van der Waals surface area contributed by atoms with Crippen molar-refractivity contribution in [3.05, 3.63) is 47.5 Å². The molecule has 174 valence electrons. The fourth-order valence-electron chi connectivity index (χ4n) is 5.31. The Balaban J connectivity index is 1.52. The maximum absolute atomic E-state index is 15.2. The number of carbonyl (C=O) groups is 2. The molecular formula is C24H29ClF2N2O3. The van der Waals surface area contributed by atoms with Crippen LogP contribution >= 0.6 is 11.6 Å². The van der Waals surface area contributed by atoms with Crippen LogP contribution in [0.15, 0.2) is 36.9 Å². The van der Waals surface area contributed by atoms with E-state index in [9.17, 15) is 9.59 Å². The third-order valence-electron chi connectivity index (χ3n) is 7.28. The van der Waals surface area contributed by atoms with Crippen molar-refractivity contribution in [2.75, 3.05) is 32.8 Å². The lowest BCUT2D eigenvalue weighted by Crippen LogP contribution is -2.71. The third-order valence-corrected chi connectivity index (χ3v) is 7.63. The van der Waals surface area contributed by atoms with Crippen LogP contribution in [0.3, 0.4) is 0 Å². The first kappa shape index (κ1) is 23.2. The van der Waals surface area contributed by atoms with Crippen molar-refractivity contribution in [3.8, 4) is 0 Å². The minimum atomic E-state index is -3.08. The van der Waals surface area contributed by atoms with Crippen LogP contribution in [-0.4, -0.2) is 65.9 Å². The zero-order chi connectivity index (χ0) is 23.3. The molecule has 0 unspecified atom stereocenters. The Morgan fingerprint density at radius 3 is 2.50 bits per heavy atom. The summed E-state index contributed by atoms with van der Waals surface area (Å²) in [6.45, 7) is 7.09. The highest BCUT2D eigenvalue weighted by atomic mass is 35.5. The Hall–Kier alpha value is -1.99. The number of hydrogen-bond acceptors (Lipinski definition) is 3. The van der Waals surface area contributed by atoms with E-state index in [2.05, 4.69) is 6.58 Å². The molecule has 3 saturated heterocycles. The van der Waals surface area contributed by atoms with Gasteiger partial charge in [-0.3, -0.25) is 9.59 Å². The van der Waals surface area contributed by atoms with Gasteiger partial charge in [0, 0.05) is 30.6 Å². The lowest BCUT2D eigenvalue weighted by molar-refractivity contribution is -0.224. The van der Waals surface area contributed by atoms with Gasteiger partial charge < -0.3 is 14.5 Å². The topological polar surface area (TPSA) is 49.9 Å². The third kappa shape index (κ3) is 3.94. The lowest BCUT2D eigenvalue weighted by atomic mass is 9.68. The average molecular weight is 467 g/mol. The number of alkyl halides is 2. The zero-order valence-electron chi connectivity index (χ0n) is 18.5. The van der Waals surface area contributed by atoms with E-state index in [-0.39, 0.29) is 50.4 Å². The number of piperidine rings is 1. The first-order chi connectivity index (χ1) is 15.0. The molecule has 2 atom stereocenters. The summed E-state index contributed by atoms with van der Waals surface area (Å²) in [4.78, 5) is 27.9. The number of likely N-dealkylation sites (tertiary alicyclic amines) is 2. The normalized spacial score (nSPS) is 28.2. The predicted molar refractivity (Wildman–Crippen MR) is 118 cm³/mol. The Morgan fingerprint density at radius 2 is 1.88 bits per heavy atom. The molecule has 3 aliphatic heterocycles. The van der Waals surface area contributed by atoms with Gasteiger partial charge in [0.15, 0.2) is 0 Å². The SMILES string of the molecule is C=CC(=O)N1CC2(CCN(C(=O)[C@H]3COC(C)(C)C[C@@H]3c3ccccc3Cl)CC2(F)F)C1. The van der Waals surface area contributed by atoms with Crippen LogP contribution in [-0.2, 0) is 14.3 Å². The van der Waals surface area contributed by atoms with E-state index in [1.165, 1.54) is 9.80 Å². The summed E-state index contributed by atoms with van der Waals surface area (Å²) in [5.74, 6) is -4.53. The monoisotopic (exact) mass is 466 g/mol. The van der Waals surface area contributed by atoms with Gasteiger partial charge in [0.05, 0.1) is 30.1 Å². The Bertz CT molecular complexity index is 930. The highest BCUT2D eigenvalue weighted by molar-refractivity contribution is 6.31. The van der Waals surface area contributed by atoms with Crippen molar-refractivity contribution in [2.24, 2.45) is 11.3 Å². The van der Waals surface area contributed by atoms with E-state index in [4.69, 9.17) is 16.3 Å². The van der Waals surface area contributed by atoms with Crippen LogP contribution < -0.4 is 0 Å². The molecule has 0 aromatic heterocycles. The number of carbonyl (C=O) groups excluding carboxylic acids is 2. The van der Waals surface area contributed by atoms with Gasteiger partial charge in [-0.15, -0.1) is 0 Å². The molecular weight excluding hydrogens is 438 g/mol. The first-order valence-corrected chi connectivity index (χ1v) is 11.3. The van der Waals surface area contributed by atoms with Crippen LogP contribution in [0, 0.1) is 11.3 Å². The van der Waals surface area contributed by atoms with E-state index in [0.29, 0.717) is 11.4 Å². The molecule has 3 aliphatic rings. The molecule has 0 saturated carbocycles. The van der Waals surface area contributed by atoms with Gasteiger partial charge in [-0.1, -0.05) is 36.4 Å². The van der Waals surface area contributed by atoms with Gasteiger partial charge in [-0.05, 0) is 44.4 Å². The van der Waals surface area contributed by atoms with Gasteiger partial charge in [0.2, 0.25) is 11.8 Å². The molecule has 1 spiro atoms. The van der Waals surface area contributed by atoms with Crippen LogP contribution in [0.1, 0.15) is 38.2 Å². The molecule has 0 aliphatic carbocycles. The van der Waals surface area contributed by atoms with E-state index >= 15 is 8.78 Å². The largest absolute Gasteiger partial charge is 0.375 e. The molecule has 5 nitrogen and oxygen atoms in total. The van der Waals surface area contributed by atoms with Crippen molar-refractivity contribution >= 4 is 23.4 Å². The summed E-state index contributed by atoms with van der Waals surface area (Å²) in [6.07, 6.45) is 1.87. The summed E-state index contributed by atoms with van der Waals surface area (Å²) in [5, 5.41) is 0.567. The number of halogens is 3. The van der Waals surface area contributed by atoms with Crippen molar-refractivity contribution in [1.82, 2.24) is 9.80 Å². The maximum atomic E-state index is 15.2. The summed E-state index contributed by atoms with van der Waals surface area (Å²) in [7, 11) is 0. The first-order valence-electron chi connectivity index (χ1n) is 10.9. The van der Waals surface area contributed by atoms with Gasteiger partial charge in [-0.2, -0.15) is 0 Å². The summed E-state index contributed by atoms with van der Waals surface area (Å²) < 4.78 is 36.4. The van der Waals surface area contributed by atoms with Gasteiger partial charge >= 0.3 is 0 Å². The van der Waals surface area contributed by atoms with Crippen LogP contribution in [0.2, 0.25) is 5.02 Å². The van der Waals surface area contributed by atoms with Crippen LogP contribution in [0.5, 0.6) is 0 Å². The second-order valence-electron chi connectivity index (χ2n) is 9.90. The predicted octanol–water partition coefficient (Wildman–Crippen LogP) is 4.12. The van der Waals surface area contributed by atoms with E-state index in [0.717, 1.165) is 11.6 Å². The second kappa shape index (κ2) is 8.10. The molecule has 8 heteroatoms. The summed E-state index contributed by atoms with van der Waals surface area (Å²) in [5.41, 5.74) is -0.860. The Kier molecular flexibility index (Phi) is 5.87. The number of ether oxygens (including phenoxy) is 1. The minimum absolute atomic E-state index is 0.00411. The number of hydrogen-bond donors (Lipinski definition) is 0.